The fourth-order valence-corrected chi connectivity index (χ4v) is 2.69. The van der Waals surface area contributed by atoms with Crippen molar-refractivity contribution in [1.29, 1.82) is 0 Å². The van der Waals surface area contributed by atoms with Gasteiger partial charge in [0.05, 0.1) is 19.1 Å². The van der Waals surface area contributed by atoms with Crippen molar-refractivity contribution in [3.05, 3.63) is 0 Å². The van der Waals surface area contributed by atoms with Crippen LogP contribution < -0.4 is 5.32 Å². The van der Waals surface area contributed by atoms with Crippen molar-refractivity contribution in [2.75, 3.05) is 46.4 Å². The molecule has 2 fully saturated rings. The number of carbonyl (C=O) groups is 1. The summed E-state index contributed by atoms with van der Waals surface area (Å²) in [5.74, 6) is 0.246. The molecule has 0 radical (unpaired) electrons. The largest absolute Gasteiger partial charge is 0.375 e. The maximum Gasteiger partial charge on any atom is 0.225 e. The van der Waals surface area contributed by atoms with E-state index in [0.717, 1.165) is 45.8 Å². The average Bonchev–Trinajstić information content (AvgIpc) is 2.40. The fraction of sp³-hybridized carbons (Fsp3) is 0.923. The number of nitrogens with one attached hydrogen (secondary N) is 1. The van der Waals surface area contributed by atoms with E-state index >= 15 is 0 Å². The lowest BCUT2D eigenvalue weighted by molar-refractivity contribution is -0.137. The van der Waals surface area contributed by atoms with Crippen LogP contribution in [0.25, 0.3) is 0 Å². The van der Waals surface area contributed by atoms with Crippen LogP contribution in [0, 0.1) is 0 Å². The van der Waals surface area contributed by atoms with Gasteiger partial charge >= 0.3 is 0 Å². The van der Waals surface area contributed by atoms with Gasteiger partial charge < -0.3 is 15.0 Å². The molecule has 2 heterocycles. The van der Waals surface area contributed by atoms with Crippen LogP contribution in [0.15, 0.2) is 0 Å². The van der Waals surface area contributed by atoms with E-state index in [0.29, 0.717) is 12.5 Å². The van der Waals surface area contributed by atoms with Crippen LogP contribution in [-0.2, 0) is 9.53 Å². The maximum absolute atomic E-state index is 12.2. The average molecular weight is 255 g/mol. The summed E-state index contributed by atoms with van der Waals surface area (Å²) in [5.41, 5.74) is 0. The Kier molecular flexibility index (Phi) is 4.97. The molecule has 0 aromatic heterocycles. The molecular weight excluding hydrogens is 230 g/mol. The molecule has 0 bridgehead atoms. The number of rotatable bonds is 3. The lowest BCUT2D eigenvalue weighted by atomic mass is 10.1. The summed E-state index contributed by atoms with van der Waals surface area (Å²) in [6, 6.07) is 0.507. The molecule has 1 N–H and O–H groups in total. The summed E-state index contributed by atoms with van der Waals surface area (Å²) < 4.78 is 5.59. The van der Waals surface area contributed by atoms with E-state index in [1.807, 2.05) is 4.90 Å². The highest BCUT2D eigenvalue weighted by Crippen LogP contribution is 2.13. The van der Waals surface area contributed by atoms with Crippen molar-refractivity contribution in [2.45, 2.75) is 31.9 Å². The zero-order valence-electron chi connectivity index (χ0n) is 11.5. The Morgan fingerprint density at radius 1 is 1.44 bits per heavy atom. The van der Waals surface area contributed by atoms with Crippen molar-refractivity contribution in [2.24, 2.45) is 0 Å². The molecular formula is C13H25N3O2. The highest BCUT2D eigenvalue weighted by molar-refractivity contribution is 5.77. The number of ether oxygens (including phenoxy) is 1. The Labute approximate surface area is 109 Å². The first-order chi connectivity index (χ1) is 8.70. The first kappa shape index (κ1) is 13.8. The second kappa shape index (κ2) is 6.50. The number of likely N-dealkylation sites (N-methyl/N-ethyl adjacent to an activating group) is 1. The minimum atomic E-state index is 0.0611. The van der Waals surface area contributed by atoms with Gasteiger partial charge in [0.25, 0.3) is 0 Å². The lowest BCUT2D eigenvalue weighted by Gasteiger charge is -2.39. The van der Waals surface area contributed by atoms with Crippen LogP contribution in [-0.4, -0.2) is 74.2 Å². The summed E-state index contributed by atoms with van der Waals surface area (Å²) in [7, 11) is 2.14. The van der Waals surface area contributed by atoms with Gasteiger partial charge in [-0.05, 0) is 13.5 Å². The predicted octanol–water partition coefficient (Wildman–Crippen LogP) is -0.0825. The molecule has 2 aliphatic rings. The second-order valence-electron chi connectivity index (χ2n) is 5.28. The number of hydrogen-bond donors (Lipinski definition) is 1. The first-order valence-corrected chi connectivity index (χ1v) is 7.01. The number of morpholine rings is 1. The Hall–Kier alpha value is -0.650. The molecule has 0 aromatic rings. The molecule has 0 spiro atoms. The zero-order chi connectivity index (χ0) is 13.0. The Morgan fingerprint density at radius 2 is 2.28 bits per heavy atom. The zero-order valence-corrected chi connectivity index (χ0v) is 11.5. The molecule has 2 aliphatic heterocycles. The van der Waals surface area contributed by atoms with Crippen molar-refractivity contribution in [3.63, 3.8) is 0 Å². The van der Waals surface area contributed by atoms with E-state index < -0.39 is 0 Å². The van der Waals surface area contributed by atoms with Gasteiger partial charge in [0, 0.05) is 38.8 Å². The molecule has 2 rings (SSSR count). The Morgan fingerprint density at radius 3 is 2.94 bits per heavy atom. The number of nitrogens with zero attached hydrogens (tertiary/aromatic N) is 2. The lowest BCUT2D eigenvalue weighted by Crippen LogP contribution is -2.54. The molecule has 0 aliphatic carbocycles. The number of hydrogen-bond acceptors (Lipinski definition) is 4. The molecule has 0 saturated carbocycles. The third kappa shape index (κ3) is 3.43. The van der Waals surface area contributed by atoms with E-state index in [9.17, 15) is 4.79 Å². The molecule has 5 heteroatoms. The minimum absolute atomic E-state index is 0.0611. The summed E-state index contributed by atoms with van der Waals surface area (Å²) >= 11 is 0. The van der Waals surface area contributed by atoms with Gasteiger partial charge in [-0.2, -0.15) is 0 Å². The second-order valence-corrected chi connectivity index (χ2v) is 5.28. The van der Waals surface area contributed by atoms with Gasteiger partial charge in [-0.3, -0.25) is 9.69 Å². The number of carbonyl (C=O) groups excluding carboxylic acids is 1. The fourth-order valence-electron chi connectivity index (χ4n) is 2.69. The molecule has 2 atom stereocenters. The monoisotopic (exact) mass is 255 g/mol. The maximum atomic E-state index is 12.2. The van der Waals surface area contributed by atoms with Crippen LogP contribution in [0.1, 0.15) is 19.8 Å². The van der Waals surface area contributed by atoms with Gasteiger partial charge in [0.1, 0.15) is 0 Å². The van der Waals surface area contributed by atoms with Crippen LogP contribution in [0.4, 0.5) is 0 Å². The first-order valence-electron chi connectivity index (χ1n) is 7.01. The van der Waals surface area contributed by atoms with Gasteiger partial charge in [0.2, 0.25) is 5.91 Å². The van der Waals surface area contributed by atoms with Crippen molar-refractivity contribution in [3.8, 4) is 0 Å². The smallest absolute Gasteiger partial charge is 0.225 e. The van der Waals surface area contributed by atoms with Crippen molar-refractivity contribution in [1.82, 2.24) is 15.1 Å². The van der Waals surface area contributed by atoms with Gasteiger partial charge in [-0.25, -0.2) is 0 Å². The SMILES string of the molecule is CCC1CN(C(=O)CC2CNCCO2)CCN1C. The minimum Gasteiger partial charge on any atom is -0.375 e. The number of amides is 1. The third-order valence-corrected chi connectivity index (χ3v) is 4.01. The van der Waals surface area contributed by atoms with Crippen molar-refractivity contribution < 1.29 is 9.53 Å². The van der Waals surface area contributed by atoms with Gasteiger partial charge in [0.15, 0.2) is 0 Å². The summed E-state index contributed by atoms with van der Waals surface area (Å²) in [5, 5.41) is 3.27. The molecule has 2 unspecified atom stereocenters. The third-order valence-electron chi connectivity index (χ3n) is 4.01. The molecule has 5 nitrogen and oxygen atoms in total. The van der Waals surface area contributed by atoms with Crippen LogP contribution >= 0.6 is 0 Å². The summed E-state index contributed by atoms with van der Waals surface area (Å²) in [6.07, 6.45) is 1.68. The standard InChI is InChI=1S/C13H25N3O2/c1-3-11-10-16(6-5-15(11)2)13(17)8-12-9-14-4-7-18-12/h11-12,14H,3-10H2,1-2H3. The molecule has 2 saturated heterocycles. The Balaban J connectivity index is 1.81. The molecule has 104 valence electrons. The molecule has 1 amide bonds. The normalized spacial score (nSPS) is 30.4. The van der Waals surface area contributed by atoms with Crippen LogP contribution in [0.5, 0.6) is 0 Å². The molecule has 0 aromatic carbocycles. The van der Waals surface area contributed by atoms with E-state index in [4.69, 9.17) is 4.74 Å². The van der Waals surface area contributed by atoms with Crippen LogP contribution in [0.3, 0.4) is 0 Å². The van der Waals surface area contributed by atoms with Gasteiger partial charge in [-0.15, -0.1) is 0 Å². The topological polar surface area (TPSA) is 44.8 Å². The highest BCUT2D eigenvalue weighted by atomic mass is 16.5. The van der Waals surface area contributed by atoms with Crippen LogP contribution in [0.2, 0.25) is 0 Å². The van der Waals surface area contributed by atoms with E-state index in [1.54, 1.807) is 0 Å². The summed E-state index contributed by atoms with van der Waals surface area (Å²) in [6.45, 7) is 7.31. The van der Waals surface area contributed by atoms with E-state index in [-0.39, 0.29) is 12.0 Å². The number of piperazine rings is 1. The van der Waals surface area contributed by atoms with Crippen molar-refractivity contribution >= 4 is 5.91 Å². The predicted molar refractivity (Wildman–Crippen MR) is 70.5 cm³/mol. The Bertz CT molecular complexity index is 279. The molecule has 18 heavy (non-hydrogen) atoms. The van der Waals surface area contributed by atoms with Gasteiger partial charge in [-0.1, -0.05) is 6.92 Å². The quantitative estimate of drug-likeness (QED) is 0.766. The van der Waals surface area contributed by atoms with E-state index in [1.165, 1.54) is 0 Å². The highest BCUT2D eigenvalue weighted by Gasteiger charge is 2.28. The van der Waals surface area contributed by atoms with E-state index in [2.05, 4.69) is 24.2 Å². The summed E-state index contributed by atoms with van der Waals surface area (Å²) in [4.78, 5) is 16.6.